The molecule has 0 spiro atoms. The predicted molar refractivity (Wildman–Crippen MR) is 112 cm³/mol. The molecule has 9 heteroatoms. The number of benzene rings is 1. The molecule has 1 aliphatic rings. The van der Waals surface area contributed by atoms with Gasteiger partial charge in [-0.25, -0.2) is 0 Å². The van der Waals surface area contributed by atoms with Crippen LogP contribution in [-0.4, -0.2) is 33.1 Å². The highest BCUT2D eigenvalue weighted by molar-refractivity contribution is 7.71. The fourth-order valence-electron chi connectivity index (χ4n) is 3.25. The Balaban J connectivity index is 1.51. The van der Waals surface area contributed by atoms with Gasteiger partial charge in [0.05, 0.1) is 4.88 Å². The van der Waals surface area contributed by atoms with E-state index >= 15 is 0 Å². The van der Waals surface area contributed by atoms with E-state index in [0.717, 1.165) is 23.5 Å². The van der Waals surface area contributed by atoms with Crippen molar-refractivity contribution in [1.29, 1.82) is 0 Å². The van der Waals surface area contributed by atoms with Crippen LogP contribution < -0.4 is 10.2 Å². The van der Waals surface area contributed by atoms with E-state index in [0.29, 0.717) is 22.7 Å². The van der Waals surface area contributed by atoms with E-state index in [9.17, 15) is 9.59 Å². The smallest absolute Gasteiger partial charge is 0.247 e. The van der Waals surface area contributed by atoms with Crippen LogP contribution in [0.5, 0.6) is 0 Å². The number of carbonyl (C=O) groups excluding carboxylic acids is 2. The molecule has 1 saturated heterocycles. The summed E-state index contributed by atoms with van der Waals surface area (Å²) in [7, 11) is 0. The maximum Gasteiger partial charge on any atom is 0.247 e. The number of rotatable bonds is 5. The molecular weight excluding hydrogens is 394 g/mol. The van der Waals surface area contributed by atoms with Crippen molar-refractivity contribution in [1.82, 2.24) is 14.8 Å². The molecule has 1 aromatic carbocycles. The molecular formula is C19H19N5O2S2. The lowest BCUT2D eigenvalue weighted by Gasteiger charge is -2.17. The molecule has 3 heterocycles. The number of hydrogen-bond acceptors (Lipinski definition) is 5. The first-order valence-electron chi connectivity index (χ1n) is 8.96. The number of anilines is 2. The zero-order chi connectivity index (χ0) is 19.7. The van der Waals surface area contributed by atoms with Crippen LogP contribution in [0.2, 0.25) is 0 Å². The van der Waals surface area contributed by atoms with Crippen LogP contribution >= 0.6 is 23.6 Å². The first-order chi connectivity index (χ1) is 13.5. The Bertz CT molecular complexity index is 1050. The van der Waals surface area contributed by atoms with Crippen molar-refractivity contribution in [2.75, 3.05) is 16.8 Å². The molecule has 1 unspecified atom stereocenters. The molecule has 2 aromatic heterocycles. The summed E-state index contributed by atoms with van der Waals surface area (Å²) in [5.41, 5.74) is 1.52. The SMILES string of the molecule is CC(C(=O)Nc1ccc(N2CCCC2=O)cc1)n1c(-c2cccs2)n[nH]c1=S. The van der Waals surface area contributed by atoms with Gasteiger partial charge in [-0.05, 0) is 61.3 Å². The average Bonchev–Trinajstić information content (AvgIpc) is 3.43. The van der Waals surface area contributed by atoms with Gasteiger partial charge in [0.2, 0.25) is 11.8 Å². The number of nitrogens with zero attached hydrogens (tertiary/aromatic N) is 3. The fourth-order valence-corrected chi connectivity index (χ4v) is 4.25. The topological polar surface area (TPSA) is 83.0 Å². The minimum Gasteiger partial charge on any atom is -0.324 e. The van der Waals surface area contributed by atoms with E-state index in [1.165, 1.54) is 11.3 Å². The Kier molecular flexibility index (Phi) is 5.10. The van der Waals surface area contributed by atoms with Gasteiger partial charge in [0, 0.05) is 24.3 Å². The molecule has 3 aromatic rings. The molecule has 0 radical (unpaired) electrons. The third-order valence-corrected chi connectivity index (χ3v) is 5.89. The first kappa shape index (κ1) is 18.6. The van der Waals surface area contributed by atoms with Crippen molar-refractivity contribution >= 4 is 46.7 Å². The van der Waals surface area contributed by atoms with E-state index in [1.54, 1.807) is 28.5 Å². The maximum absolute atomic E-state index is 12.8. The summed E-state index contributed by atoms with van der Waals surface area (Å²) in [5, 5.41) is 11.9. The second-order valence-corrected chi connectivity index (χ2v) is 7.90. The quantitative estimate of drug-likeness (QED) is 0.620. The van der Waals surface area contributed by atoms with Crippen LogP contribution in [0.4, 0.5) is 11.4 Å². The summed E-state index contributed by atoms with van der Waals surface area (Å²) in [4.78, 5) is 27.4. The summed E-state index contributed by atoms with van der Waals surface area (Å²) in [5.74, 6) is 0.590. The van der Waals surface area contributed by atoms with E-state index in [4.69, 9.17) is 12.2 Å². The standard InChI is InChI=1S/C19H19N5O2S2/c1-12(24-17(21-22-19(24)27)15-4-3-11-28-15)18(26)20-13-6-8-14(9-7-13)23-10-2-5-16(23)25/h3-4,6-9,11-12H,2,5,10H2,1H3,(H,20,26)(H,22,27). The minimum absolute atomic E-state index is 0.140. The van der Waals surface area contributed by atoms with E-state index < -0.39 is 6.04 Å². The number of thiophene rings is 1. The first-order valence-corrected chi connectivity index (χ1v) is 10.3. The summed E-state index contributed by atoms with van der Waals surface area (Å²) >= 11 is 6.87. The van der Waals surface area contributed by atoms with Crippen molar-refractivity contribution in [3.63, 3.8) is 0 Å². The lowest BCUT2D eigenvalue weighted by atomic mass is 10.2. The molecule has 2 amide bonds. The van der Waals surface area contributed by atoms with Crippen LogP contribution in [0.25, 0.3) is 10.7 Å². The van der Waals surface area contributed by atoms with Gasteiger partial charge in [-0.2, -0.15) is 5.10 Å². The number of nitrogens with one attached hydrogen (secondary N) is 2. The Hall–Kier alpha value is -2.78. The second kappa shape index (κ2) is 7.69. The monoisotopic (exact) mass is 413 g/mol. The number of aromatic amines is 1. The number of aromatic nitrogens is 3. The van der Waals surface area contributed by atoms with E-state index in [-0.39, 0.29) is 11.8 Å². The molecule has 1 atom stereocenters. The average molecular weight is 414 g/mol. The van der Waals surface area contributed by atoms with Gasteiger partial charge < -0.3 is 10.2 Å². The number of carbonyl (C=O) groups is 2. The number of amides is 2. The van der Waals surface area contributed by atoms with Crippen LogP contribution in [0, 0.1) is 4.77 Å². The van der Waals surface area contributed by atoms with Crippen LogP contribution in [-0.2, 0) is 9.59 Å². The Labute approximate surface area is 171 Å². The van der Waals surface area contributed by atoms with E-state index in [2.05, 4.69) is 15.5 Å². The highest BCUT2D eigenvalue weighted by Gasteiger charge is 2.23. The van der Waals surface area contributed by atoms with Gasteiger partial charge in [0.15, 0.2) is 10.6 Å². The summed E-state index contributed by atoms with van der Waals surface area (Å²) in [6.45, 7) is 2.53. The third kappa shape index (κ3) is 3.50. The van der Waals surface area contributed by atoms with Crippen molar-refractivity contribution in [2.24, 2.45) is 0 Å². The molecule has 4 rings (SSSR count). The third-order valence-electron chi connectivity index (χ3n) is 4.73. The zero-order valence-electron chi connectivity index (χ0n) is 15.2. The van der Waals surface area contributed by atoms with Gasteiger partial charge in [-0.15, -0.1) is 11.3 Å². The molecule has 0 bridgehead atoms. The highest BCUT2D eigenvalue weighted by Crippen LogP contribution is 2.27. The van der Waals surface area contributed by atoms with Crippen molar-refractivity contribution in [3.05, 3.63) is 46.5 Å². The molecule has 1 aliphatic heterocycles. The van der Waals surface area contributed by atoms with Crippen molar-refractivity contribution in [3.8, 4) is 10.7 Å². The summed E-state index contributed by atoms with van der Waals surface area (Å²) in [6, 6.07) is 10.6. The summed E-state index contributed by atoms with van der Waals surface area (Å²) in [6.07, 6.45) is 1.47. The number of hydrogen-bond donors (Lipinski definition) is 2. The lowest BCUT2D eigenvalue weighted by molar-refractivity contribution is -0.119. The van der Waals surface area contributed by atoms with Gasteiger partial charge in [-0.3, -0.25) is 19.3 Å². The van der Waals surface area contributed by atoms with Gasteiger partial charge in [-0.1, -0.05) is 6.07 Å². The van der Waals surface area contributed by atoms with Crippen LogP contribution in [0.3, 0.4) is 0 Å². The largest absolute Gasteiger partial charge is 0.324 e. The summed E-state index contributed by atoms with van der Waals surface area (Å²) < 4.78 is 2.11. The fraction of sp³-hybridized carbons (Fsp3) is 0.263. The highest BCUT2D eigenvalue weighted by atomic mass is 32.1. The maximum atomic E-state index is 12.8. The molecule has 28 heavy (non-hydrogen) atoms. The Morgan fingerprint density at radius 2 is 2.11 bits per heavy atom. The van der Waals surface area contributed by atoms with Crippen LogP contribution in [0.15, 0.2) is 41.8 Å². The predicted octanol–water partition coefficient (Wildman–Crippen LogP) is 4.00. The molecule has 144 valence electrons. The Morgan fingerprint density at radius 3 is 2.75 bits per heavy atom. The molecule has 7 nitrogen and oxygen atoms in total. The van der Waals surface area contributed by atoms with Gasteiger partial charge in [0.1, 0.15) is 6.04 Å². The zero-order valence-corrected chi connectivity index (χ0v) is 16.8. The second-order valence-electron chi connectivity index (χ2n) is 6.56. The lowest BCUT2D eigenvalue weighted by Crippen LogP contribution is -2.25. The van der Waals surface area contributed by atoms with E-state index in [1.807, 2.05) is 29.6 Å². The normalized spacial score (nSPS) is 15.0. The van der Waals surface area contributed by atoms with Crippen LogP contribution in [0.1, 0.15) is 25.8 Å². The molecule has 2 N–H and O–H groups in total. The van der Waals surface area contributed by atoms with Gasteiger partial charge >= 0.3 is 0 Å². The van der Waals surface area contributed by atoms with Crippen molar-refractivity contribution in [2.45, 2.75) is 25.8 Å². The minimum atomic E-state index is -0.539. The van der Waals surface area contributed by atoms with Gasteiger partial charge in [0.25, 0.3) is 0 Å². The Morgan fingerprint density at radius 1 is 1.32 bits per heavy atom. The molecule has 1 fully saturated rings. The number of H-pyrrole nitrogens is 1. The molecule has 0 aliphatic carbocycles. The molecule has 0 saturated carbocycles. The van der Waals surface area contributed by atoms with Crippen molar-refractivity contribution < 1.29 is 9.59 Å².